The summed E-state index contributed by atoms with van der Waals surface area (Å²) in [6.45, 7) is 3.64. The van der Waals surface area contributed by atoms with Crippen LogP contribution in [0.25, 0.3) is 0 Å². The first kappa shape index (κ1) is 12.4. The van der Waals surface area contributed by atoms with E-state index in [0.29, 0.717) is 12.5 Å². The highest BCUT2D eigenvalue weighted by Gasteiger charge is 2.29. The number of nitrogens with one attached hydrogen (secondary N) is 1. The molecule has 1 saturated heterocycles. The fourth-order valence-electron chi connectivity index (χ4n) is 2.76. The van der Waals surface area contributed by atoms with E-state index in [4.69, 9.17) is 5.73 Å². The van der Waals surface area contributed by atoms with E-state index in [1.165, 1.54) is 0 Å². The van der Waals surface area contributed by atoms with Gasteiger partial charge in [-0.05, 0) is 24.5 Å². The van der Waals surface area contributed by atoms with Gasteiger partial charge in [-0.15, -0.1) is 0 Å². The van der Waals surface area contributed by atoms with Gasteiger partial charge in [0.05, 0.1) is 6.10 Å². The maximum atomic E-state index is 11.5. The van der Waals surface area contributed by atoms with Crippen molar-refractivity contribution in [1.29, 1.82) is 0 Å². The van der Waals surface area contributed by atoms with Crippen molar-refractivity contribution in [3.05, 3.63) is 23.8 Å². The molecule has 2 aliphatic rings. The molecule has 0 spiro atoms. The summed E-state index contributed by atoms with van der Waals surface area (Å²) in [5.74, 6) is 0.193. The van der Waals surface area contributed by atoms with Gasteiger partial charge in [-0.25, -0.2) is 0 Å². The van der Waals surface area contributed by atoms with Crippen LogP contribution in [0.3, 0.4) is 0 Å². The summed E-state index contributed by atoms with van der Waals surface area (Å²) in [6.07, 6.45) is 0.684. The van der Waals surface area contributed by atoms with Crippen molar-refractivity contribution < 1.29 is 9.90 Å². The lowest BCUT2D eigenvalue weighted by molar-refractivity contribution is -0.116. The van der Waals surface area contributed by atoms with Crippen LogP contribution < -0.4 is 16.0 Å². The van der Waals surface area contributed by atoms with E-state index in [1.807, 2.05) is 18.2 Å². The van der Waals surface area contributed by atoms with Crippen LogP contribution in [0.1, 0.15) is 24.9 Å². The first-order valence-corrected chi connectivity index (χ1v) is 6.69. The smallest absolute Gasteiger partial charge is 0.245 e. The summed E-state index contributed by atoms with van der Waals surface area (Å²) in [5, 5.41) is 12.7. The first-order valence-electron chi connectivity index (χ1n) is 6.69. The van der Waals surface area contributed by atoms with Gasteiger partial charge in [0, 0.05) is 30.0 Å². The molecule has 19 heavy (non-hydrogen) atoms. The number of aliphatic hydroxyl groups excluding tert-OH is 1. The van der Waals surface area contributed by atoms with E-state index in [1.54, 1.807) is 0 Å². The summed E-state index contributed by atoms with van der Waals surface area (Å²) < 4.78 is 0. The molecule has 0 aromatic heterocycles. The second-order valence-corrected chi connectivity index (χ2v) is 5.52. The average Bonchev–Trinajstić information content (AvgIpc) is 2.68. The van der Waals surface area contributed by atoms with Crippen LogP contribution in [0.15, 0.2) is 18.2 Å². The van der Waals surface area contributed by atoms with E-state index >= 15 is 0 Å². The van der Waals surface area contributed by atoms with E-state index in [-0.39, 0.29) is 12.0 Å². The fourth-order valence-corrected chi connectivity index (χ4v) is 2.76. The van der Waals surface area contributed by atoms with Crippen molar-refractivity contribution in [2.45, 2.75) is 25.5 Å². The minimum Gasteiger partial charge on any atom is -0.391 e. The quantitative estimate of drug-likeness (QED) is 0.700. The highest BCUT2D eigenvalue weighted by molar-refractivity contribution is 6.02. The van der Waals surface area contributed by atoms with Gasteiger partial charge < -0.3 is 21.1 Å². The van der Waals surface area contributed by atoms with Crippen LogP contribution in [0, 0.1) is 5.92 Å². The Morgan fingerprint density at radius 2 is 2.26 bits per heavy atom. The predicted molar refractivity (Wildman–Crippen MR) is 74.0 cm³/mol. The number of carbonyl (C=O) groups excluding carboxylic acids is 1. The number of amides is 1. The fraction of sp³-hybridized carbons (Fsp3) is 0.500. The molecule has 5 nitrogen and oxygen atoms in total. The first-order chi connectivity index (χ1) is 9.06. The molecule has 1 aromatic rings. The number of fused-ring (bicyclic) bond motifs is 1. The highest BCUT2D eigenvalue weighted by Crippen LogP contribution is 2.34. The molecular formula is C14H19N3O2. The van der Waals surface area contributed by atoms with Gasteiger partial charge in [0.2, 0.25) is 5.91 Å². The number of anilines is 2. The molecule has 1 fully saturated rings. The van der Waals surface area contributed by atoms with Gasteiger partial charge in [0.15, 0.2) is 0 Å². The summed E-state index contributed by atoms with van der Waals surface area (Å²) >= 11 is 0. The second-order valence-electron chi connectivity index (χ2n) is 5.52. The molecule has 1 amide bonds. The number of piperidine rings is 1. The third-order valence-electron chi connectivity index (χ3n) is 4.20. The average molecular weight is 261 g/mol. The lowest BCUT2D eigenvalue weighted by Crippen LogP contribution is -2.42. The number of carbonyl (C=O) groups is 1. The van der Waals surface area contributed by atoms with Crippen LogP contribution >= 0.6 is 0 Å². The Morgan fingerprint density at radius 3 is 3.00 bits per heavy atom. The third kappa shape index (κ3) is 2.09. The predicted octanol–water partition coefficient (Wildman–Crippen LogP) is 0.846. The van der Waals surface area contributed by atoms with E-state index in [0.717, 1.165) is 29.9 Å². The van der Waals surface area contributed by atoms with E-state index in [9.17, 15) is 9.90 Å². The van der Waals surface area contributed by atoms with Crippen LogP contribution in [0.5, 0.6) is 0 Å². The van der Waals surface area contributed by atoms with Gasteiger partial charge in [0.25, 0.3) is 0 Å². The lowest BCUT2D eigenvalue weighted by Gasteiger charge is -2.36. The monoisotopic (exact) mass is 261 g/mol. The van der Waals surface area contributed by atoms with Crippen molar-refractivity contribution in [3.63, 3.8) is 0 Å². The van der Waals surface area contributed by atoms with Crippen molar-refractivity contribution in [3.8, 4) is 0 Å². The molecule has 3 rings (SSSR count). The molecule has 0 aliphatic carbocycles. The molecule has 102 valence electrons. The molecule has 2 heterocycles. The third-order valence-corrected chi connectivity index (χ3v) is 4.20. The lowest BCUT2D eigenvalue weighted by atomic mass is 9.95. The van der Waals surface area contributed by atoms with Crippen LogP contribution in [-0.2, 0) is 4.79 Å². The number of hydrogen-bond acceptors (Lipinski definition) is 4. The molecule has 5 heteroatoms. The number of aliphatic hydroxyl groups is 1. The second kappa shape index (κ2) is 4.51. The Hall–Kier alpha value is -1.59. The Morgan fingerprint density at radius 1 is 1.47 bits per heavy atom. The molecule has 3 unspecified atom stereocenters. The van der Waals surface area contributed by atoms with E-state index < -0.39 is 6.04 Å². The number of hydrogen-bond donors (Lipinski definition) is 3. The summed E-state index contributed by atoms with van der Waals surface area (Å²) in [6, 6.07) is 5.26. The van der Waals surface area contributed by atoms with Gasteiger partial charge in [-0.1, -0.05) is 13.0 Å². The minimum absolute atomic E-state index is 0.153. The Balaban J connectivity index is 1.84. The van der Waals surface area contributed by atoms with Gasteiger partial charge in [0.1, 0.15) is 6.04 Å². The Bertz CT molecular complexity index is 517. The van der Waals surface area contributed by atoms with Gasteiger partial charge in [-0.2, -0.15) is 0 Å². The van der Waals surface area contributed by atoms with Crippen molar-refractivity contribution in [2.75, 3.05) is 23.3 Å². The van der Waals surface area contributed by atoms with Crippen LogP contribution in [0.2, 0.25) is 0 Å². The molecule has 4 N–H and O–H groups in total. The van der Waals surface area contributed by atoms with Crippen molar-refractivity contribution >= 4 is 17.3 Å². The van der Waals surface area contributed by atoms with Crippen molar-refractivity contribution in [2.24, 2.45) is 11.7 Å². The molecular weight excluding hydrogens is 242 g/mol. The van der Waals surface area contributed by atoms with Crippen LogP contribution in [-0.4, -0.2) is 30.2 Å². The van der Waals surface area contributed by atoms with Gasteiger partial charge >= 0.3 is 0 Å². The summed E-state index contributed by atoms with van der Waals surface area (Å²) in [5.41, 5.74) is 8.46. The Labute approximate surface area is 112 Å². The molecule has 3 atom stereocenters. The molecule has 1 aromatic carbocycles. The molecule has 0 saturated carbocycles. The van der Waals surface area contributed by atoms with Gasteiger partial charge in [-0.3, -0.25) is 4.79 Å². The largest absolute Gasteiger partial charge is 0.391 e. The summed E-state index contributed by atoms with van der Waals surface area (Å²) in [4.78, 5) is 13.7. The van der Waals surface area contributed by atoms with E-state index in [2.05, 4.69) is 17.1 Å². The number of nitrogens with two attached hydrogens (primary N) is 1. The number of rotatable bonds is 1. The zero-order valence-corrected chi connectivity index (χ0v) is 11.0. The number of nitrogens with zero attached hydrogens (tertiary/aromatic N) is 1. The minimum atomic E-state index is -0.559. The zero-order chi connectivity index (χ0) is 13.6. The molecule has 2 aliphatic heterocycles. The molecule has 0 bridgehead atoms. The number of benzene rings is 1. The number of β-amino-alcohol motifs (C(OH)–C–C–N with tert-alkyl or cyclic N) is 1. The summed E-state index contributed by atoms with van der Waals surface area (Å²) in [7, 11) is 0. The standard InChI is InChI=1S/C14H19N3O2/c1-8-4-5-17(7-12(8)18)9-2-3-10-11(6-9)16-14(19)13(10)15/h2-3,6,8,12-13,18H,4-5,7,15H2,1H3,(H,16,19). The topological polar surface area (TPSA) is 78.6 Å². The maximum absolute atomic E-state index is 11.5. The highest BCUT2D eigenvalue weighted by atomic mass is 16.3. The Kier molecular flexibility index (Phi) is 2.95. The SMILES string of the molecule is CC1CCN(c2ccc3c(c2)NC(=O)C3N)CC1O. The zero-order valence-electron chi connectivity index (χ0n) is 11.0. The maximum Gasteiger partial charge on any atom is 0.245 e. The molecule has 0 radical (unpaired) electrons. The van der Waals surface area contributed by atoms with Crippen LogP contribution in [0.4, 0.5) is 11.4 Å². The van der Waals surface area contributed by atoms with Crippen molar-refractivity contribution in [1.82, 2.24) is 0 Å². The normalized spacial score (nSPS) is 30.2.